The van der Waals surface area contributed by atoms with E-state index in [0.29, 0.717) is 29.6 Å². The number of nitrogens with one attached hydrogen (secondary N) is 2. The lowest BCUT2D eigenvalue weighted by atomic mass is 9.90. The molecular formula is C36H41N11O. The van der Waals surface area contributed by atoms with Gasteiger partial charge in [-0.05, 0) is 49.4 Å². The highest BCUT2D eigenvalue weighted by Crippen LogP contribution is 2.31. The number of benzene rings is 1. The third kappa shape index (κ3) is 7.20. The lowest BCUT2D eigenvalue weighted by Crippen LogP contribution is -2.49. The summed E-state index contributed by atoms with van der Waals surface area (Å²) in [5, 5.41) is 25.4. The Morgan fingerprint density at radius 1 is 1.00 bits per heavy atom. The minimum atomic E-state index is -0.178. The molecule has 0 spiro atoms. The van der Waals surface area contributed by atoms with E-state index in [2.05, 4.69) is 52.7 Å². The van der Waals surface area contributed by atoms with Gasteiger partial charge in [-0.3, -0.25) is 14.3 Å². The predicted molar refractivity (Wildman–Crippen MR) is 185 cm³/mol. The van der Waals surface area contributed by atoms with Crippen LogP contribution in [0.1, 0.15) is 63.3 Å². The third-order valence-corrected chi connectivity index (χ3v) is 8.73. The molecule has 0 radical (unpaired) electrons. The molecule has 0 bridgehead atoms. The van der Waals surface area contributed by atoms with Crippen LogP contribution in [0.2, 0.25) is 0 Å². The summed E-state index contributed by atoms with van der Waals surface area (Å²) in [7, 11) is 3.75. The smallest absolute Gasteiger partial charge is 0.323 e. The van der Waals surface area contributed by atoms with Crippen molar-refractivity contribution >= 4 is 17.8 Å². The van der Waals surface area contributed by atoms with E-state index in [1.807, 2.05) is 68.8 Å². The van der Waals surface area contributed by atoms with Crippen molar-refractivity contribution in [2.75, 3.05) is 10.2 Å². The molecule has 4 heterocycles. The van der Waals surface area contributed by atoms with Crippen molar-refractivity contribution in [3.8, 4) is 28.6 Å². The second kappa shape index (κ2) is 13.7. The zero-order valence-corrected chi connectivity index (χ0v) is 28.1. The van der Waals surface area contributed by atoms with Crippen LogP contribution in [0.4, 0.5) is 16.6 Å². The summed E-state index contributed by atoms with van der Waals surface area (Å²) in [5.74, 6) is 1.08. The molecule has 0 saturated heterocycles. The van der Waals surface area contributed by atoms with Gasteiger partial charge in [-0.25, -0.2) is 19.7 Å². The first-order valence-electron chi connectivity index (χ1n) is 16.2. The zero-order chi connectivity index (χ0) is 33.8. The van der Waals surface area contributed by atoms with Crippen LogP contribution in [0, 0.1) is 11.3 Å². The molecule has 4 aromatic heterocycles. The van der Waals surface area contributed by atoms with Crippen LogP contribution in [-0.4, -0.2) is 52.6 Å². The van der Waals surface area contributed by atoms with Gasteiger partial charge in [-0.15, -0.1) is 0 Å². The Kier molecular flexibility index (Phi) is 9.21. The first-order valence-corrected chi connectivity index (χ1v) is 16.2. The number of pyridine rings is 1. The van der Waals surface area contributed by atoms with Gasteiger partial charge in [0.25, 0.3) is 0 Å². The van der Waals surface area contributed by atoms with Gasteiger partial charge < -0.3 is 10.6 Å². The maximum Gasteiger partial charge on any atom is 0.323 e. The molecule has 246 valence electrons. The summed E-state index contributed by atoms with van der Waals surface area (Å²) in [6, 6.07) is 17.9. The Morgan fingerprint density at radius 2 is 1.77 bits per heavy atom. The van der Waals surface area contributed by atoms with Gasteiger partial charge in [0.15, 0.2) is 0 Å². The van der Waals surface area contributed by atoms with Crippen LogP contribution < -0.4 is 15.5 Å². The van der Waals surface area contributed by atoms with E-state index in [0.717, 1.165) is 53.8 Å². The van der Waals surface area contributed by atoms with Crippen molar-refractivity contribution in [3.63, 3.8) is 0 Å². The standard InChI is InChI=1S/C36H41N11O/c1-36(2,3)31-17-30(46(5)44-31)33-26(18-37)21-39-34(43-33)42-28-12-14-29(15-13-28)47(35(48)40-19-24-9-7-6-8-10-24)32-16-11-25(20-38-32)27-22-41-45(4)23-27/h6-11,16-17,20-23,28-29H,12-15,19H2,1-5H3,(H,40,48)(H,39,42,43)/t28-,29-. The quantitative estimate of drug-likeness (QED) is 0.210. The Hall–Kier alpha value is -5.57. The lowest BCUT2D eigenvalue weighted by Gasteiger charge is -2.36. The number of carbonyl (C=O) groups excluding carboxylic acids is 1. The van der Waals surface area contributed by atoms with Crippen molar-refractivity contribution in [1.29, 1.82) is 5.26 Å². The number of carbonyl (C=O) groups is 1. The molecule has 0 aliphatic heterocycles. The molecule has 6 rings (SSSR count). The summed E-state index contributed by atoms with van der Waals surface area (Å²) in [6.07, 6.45) is 10.2. The SMILES string of the molecule is Cn1cc(-c2ccc(N(C(=O)NCc3ccccc3)[C@H]3CC[C@H](Nc4ncc(C#N)c(-c5cc(C(C)(C)C)nn5C)n4)CC3)nc2)cn1. The summed E-state index contributed by atoms with van der Waals surface area (Å²) in [4.78, 5) is 29.6. The summed E-state index contributed by atoms with van der Waals surface area (Å²) < 4.78 is 3.53. The highest BCUT2D eigenvalue weighted by Gasteiger charge is 2.31. The average molecular weight is 644 g/mol. The monoisotopic (exact) mass is 643 g/mol. The number of nitrogens with zero attached hydrogens (tertiary/aromatic N) is 9. The van der Waals surface area contributed by atoms with Crippen LogP contribution in [0.5, 0.6) is 0 Å². The number of anilines is 2. The fourth-order valence-corrected chi connectivity index (χ4v) is 6.03. The minimum Gasteiger partial charge on any atom is -0.351 e. The second-order valence-electron chi connectivity index (χ2n) is 13.3. The Balaban J connectivity index is 1.18. The zero-order valence-electron chi connectivity index (χ0n) is 28.1. The number of amides is 2. The predicted octanol–water partition coefficient (Wildman–Crippen LogP) is 5.98. The molecule has 12 heteroatoms. The van der Waals surface area contributed by atoms with Crippen molar-refractivity contribution in [2.45, 2.75) is 70.5 Å². The number of hydrogen-bond acceptors (Lipinski definition) is 8. The van der Waals surface area contributed by atoms with E-state index >= 15 is 0 Å². The molecule has 1 aromatic carbocycles. The van der Waals surface area contributed by atoms with Gasteiger partial charge in [0, 0.05) is 61.7 Å². The molecule has 0 unspecified atom stereocenters. The number of aromatic nitrogens is 7. The van der Waals surface area contributed by atoms with E-state index in [4.69, 9.17) is 9.97 Å². The lowest BCUT2D eigenvalue weighted by molar-refractivity contribution is 0.240. The van der Waals surface area contributed by atoms with E-state index in [9.17, 15) is 10.1 Å². The van der Waals surface area contributed by atoms with Crippen molar-refractivity contribution in [1.82, 2.24) is 39.8 Å². The first kappa shape index (κ1) is 32.4. The van der Waals surface area contributed by atoms with Crippen LogP contribution in [0.15, 0.2) is 73.3 Å². The van der Waals surface area contributed by atoms with Gasteiger partial charge in [0.1, 0.15) is 17.6 Å². The number of hydrogen-bond donors (Lipinski definition) is 2. The molecule has 0 atom stereocenters. The van der Waals surface area contributed by atoms with Crippen LogP contribution in [0.25, 0.3) is 22.5 Å². The highest BCUT2D eigenvalue weighted by molar-refractivity contribution is 5.91. The van der Waals surface area contributed by atoms with E-state index < -0.39 is 0 Å². The van der Waals surface area contributed by atoms with Crippen LogP contribution in [0.3, 0.4) is 0 Å². The Morgan fingerprint density at radius 3 is 2.40 bits per heavy atom. The number of urea groups is 1. The van der Waals surface area contributed by atoms with Gasteiger partial charge in [0.05, 0.1) is 29.3 Å². The van der Waals surface area contributed by atoms with Gasteiger partial charge in [-0.2, -0.15) is 15.5 Å². The molecule has 48 heavy (non-hydrogen) atoms. The molecule has 1 aliphatic rings. The minimum absolute atomic E-state index is 0.0433. The second-order valence-corrected chi connectivity index (χ2v) is 13.3. The molecule has 1 aliphatic carbocycles. The highest BCUT2D eigenvalue weighted by atomic mass is 16.2. The van der Waals surface area contributed by atoms with E-state index in [-0.39, 0.29) is 23.5 Å². The third-order valence-electron chi connectivity index (χ3n) is 8.73. The fraction of sp³-hybridized carbons (Fsp3) is 0.361. The van der Waals surface area contributed by atoms with Crippen molar-refractivity contribution in [3.05, 3.63) is 90.1 Å². The number of aryl methyl sites for hydroxylation is 2. The molecule has 5 aromatic rings. The average Bonchev–Trinajstić information content (AvgIpc) is 3.71. The van der Waals surface area contributed by atoms with E-state index in [1.54, 1.807) is 32.9 Å². The number of nitriles is 1. The Bertz CT molecular complexity index is 1910. The fourth-order valence-electron chi connectivity index (χ4n) is 6.03. The molecule has 12 nitrogen and oxygen atoms in total. The maximum absolute atomic E-state index is 13.8. The van der Waals surface area contributed by atoms with Gasteiger partial charge in [0.2, 0.25) is 5.95 Å². The van der Waals surface area contributed by atoms with Gasteiger partial charge in [-0.1, -0.05) is 51.1 Å². The number of rotatable bonds is 8. The summed E-state index contributed by atoms with van der Waals surface area (Å²) in [6.45, 7) is 6.74. The molecule has 1 saturated carbocycles. The van der Waals surface area contributed by atoms with Crippen LogP contribution >= 0.6 is 0 Å². The van der Waals surface area contributed by atoms with Crippen molar-refractivity contribution < 1.29 is 4.79 Å². The topological polar surface area (TPSA) is 142 Å². The Labute approximate surface area is 280 Å². The normalized spacial score (nSPS) is 16.2. The van der Waals surface area contributed by atoms with Crippen molar-refractivity contribution in [2.24, 2.45) is 14.1 Å². The van der Waals surface area contributed by atoms with Gasteiger partial charge >= 0.3 is 6.03 Å². The molecular weight excluding hydrogens is 602 g/mol. The van der Waals surface area contributed by atoms with E-state index in [1.165, 1.54) is 0 Å². The first-order chi connectivity index (χ1) is 23.1. The largest absolute Gasteiger partial charge is 0.351 e. The molecule has 2 N–H and O–H groups in total. The summed E-state index contributed by atoms with van der Waals surface area (Å²) >= 11 is 0. The molecule has 2 amide bonds. The molecule has 1 fully saturated rings. The summed E-state index contributed by atoms with van der Waals surface area (Å²) in [5.41, 5.74) is 5.43. The van der Waals surface area contributed by atoms with Crippen LogP contribution in [-0.2, 0) is 26.1 Å². The maximum atomic E-state index is 13.8.